The van der Waals surface area contributed by atoms with Crippen molar-refractivity contribution < 1.29 is 0 Å². The van der Waals surface area contributed by atoms with Gasteiger partial charge in [-0.2, -0.15) is 5.10 Å². The van der Waals surface area contributed by atoms with E-state index in [4.69, 9.17) is 0 Å². The minimum absolute atomic E-state index is 0.667. The van der Waals surface area contributed by atoms with Crippen molar-refractivity contribution in [3.63, 3.8) is 0 Å². The van der Waals surface area contributed by atoms with E-state index in [0.29, 0.717) is 5.82 Å². The maximum atomic E-state index is 4.48. The maximum absolute atomic E-state index is 4.48. The number of aromatic amines is 1. The Morgan fingerprint density at radius 2 is 2.11 bits per heavy atom. The second-order valence-corrected chi connectivity index (χ2v) is 4.35. The highest BCUT2D eigenvalue weighted by Gasteiger charge is 2.13. The first-order valence-corrected chi connectivity index (χ1v) is 6.17. The van der Waals surface area contributed by atoms with E-state index < -0.39 is 0 Å². The van der Waals surface area contributed by atoms with Crippen LogP contribution in [0.3, 0.4) is 0 Å². The zero-order valence-electron chi connectivity index (χ0n) is 10.1. The summed E-state index contributed by atoms with van der Waals surface area (Å²) >= 11 is 0. The molecule has 6 nitrogen and oxygen atoms in total. The van der Waals surface area contributed by atoms with Crippen molar-refractivity contribution in [3.8, 4) is 11.5 Å². The van der Waals surface area contributed by atoms with Gasteiger partial charge in [-0.1, -0.05) is 6.07 Å². The van der Waals surface area contributed by atoms with E-state index in [9.17, 15) is 0 Å². The number of nitrogens with one attached hydrogen (secondary N) is 2. The molecule has 1 saturated heterocycles. The van der Waals surface area contributed by atoms with Crippen LogP contribution in [0.5, 0.6) is 0 Å². The van der Waals surface area contributed by atoms with Crippen LogP contribution in [-0.2, 0) is 6.54 Å². The molecule has 0 radical (unpaired) electrons. The molecular formula is C12H16N6. The first-order valence-electron chi connectivity index (χ1n) is 6.17. The third-order valence-electron chi connectivity index (χ3n) is 3.01. The largest absolute Gasteiger partial charge is 0.314 e. The molecule has 1 fully saturated rings. The van der Waals surface area contributed by atoms with Crippen LogP contribution < -0.4 is 5.32 Å². The molecule has 2 N–H and O–H groups in total. The summed E-state index contributed by atoms with van der Waals surface area (Å²) in [7, 11) is 0. The molecule has 2 aromatic heterocycles. The van der Waals surface area contributed by atoms with E-state index in [1.54, 1.807) is 6.20 Å². The molecule has 18 heavy (non-hydrogen) atoms. The fraction of sp³-hybridized carbons (Fsp3) is 0.417. The first-order chi connectivity index (χ1) is 8.92. The van der Waals surface area contributed by atoms with Gasteiger partial charge in [-0.25, -0.2) is 4.98 Å². The van der Waals surface area contributed by atoms with Gasteiger partial charge in [0.25, 0.3) is 0 Å². The number of pyridine rings is 1. The van der Waals surface area contributed by atoms with E-state index in [1.807, 2.05) is 18.2 Å². The van der Waals surface area contributed by atoms with Crippen molar-refractivity contribution in [1.82, 2.24) is 30.4 Å². The van der Waals surface area contributed by atoms with Crippen LogP contribution in [0.15, 0.2) is 24.4 Å². The van der Waals surface area contributed by atoms with Crippen LogP contribution in [0.1, 0.15) is 5.82 Å². The van der Waals surface area contributed by atoms with E-state index >= 15 is 0 Å². The summed E-state index contributed by atoms with van der Waals surface area (Å²) in [5, 5.41) is 10.5. The van der Waals surface area contributed by atoms with E-state index in [-0.39, 0.29) is 0 Å². The molecule has 1 aliphatic heterocycles. The summed E-state index contributed by atoms with van der Waals surface area (Å²) in [6.07, 6.45) is 1.75. The number of nitrogens with zero attached hydrogens (tertiary/aromatic N) is 4. The molecule has 0 aliphatic carbocycles. The highest BCUT2D eigenvalue weighted by atomic mass is 15.3. The van der Waals surface area contributed by atoms with Crippen LogP contribution in [0, 0.1) is 0 Å². The molecule has 3 heterocycles. The molecule has 0 atom stereocenters. The fourth-order valence-electron chi connectivity index (χ4n) is 2.06. The van der Waals surface area contributed by atoms with Crippen molar-refractivity contribution in [2.75, 3.05) is 26.2 Å². The molecule has 0 aromatic carbocycles. The van der Waals surface area contributed by atoms with Crippen molar-refractivity contribution in [2.24, 2.45) is 0 Å². The van der Waals surface area contributed by atoms with Crippen molar-refractivity contribution in [3.05, 3.63) is 30.2 Å². The first kappa shape index (κ1) is 11.3. The molecule has 3 rings (SSSR count). The number of H-pyrrole nitrogens is 1. The molecule has 0 bridgehead atoms. The average Bonchev–Trinajstić information content (AvgIpc) is 2.89. The minimum Gasteiger partial charge on any atom is -0.314 e. The van der Waals surface area contributed by atoms with Crippen LogP contribution in [0.25, 0.3) is 11.5 Å². The molecule has 0 spiro atoms. The van der Waals surface area contributed by atoms with E-state index in [0.717, 1.165) is 44.2 Å². The minimum atomic E-state index is 0.667. The number of hydrogen-bond donors (Lipinski definition) is 2. The Labute approximate surface area is 105 Å². The molecule has 0 amide bonds. The number of aromatic nitrogens is 4. The second-order valence-electron chi connectivity index (χ2n) is 4.35. The predicted molar refractivity (Wildman–Crippen MR) is 67.8 cm³/mol. The highest BCUT2D eigenvalue weighted by Crippen LogP contribution is 2.11. The normalized spacial score (nSPS) is 16.9. The van der Waals surface area contributed by atoms with E-state index in [2.05, 4.69) is 30.4 Å². The van der Waals surface area contributed by atoms with Gasteiger partial charge in [-0.15, -0.1) is 0 Å². The molecule has 2 aromatic rings. The molecule has 94 valence electrons. The SMILES string of the molecule is c1ccc(-c2n[nH]c(CN3CCNCC3)n2)nc1. The maximum Gasteiger partial charge on any atom is 0.199 e. The molecule has 1 aliphatic rings. The Balaban J connectivity index is 1.69. The Kier molecular flexibility index (Phi) is 3.29. The monoisotopic (exact) mass is 244 g/mol. The number of hydrogen-bond acceptors (Lipinski definition) is 5. The number of piperazine rings is 1. The lowest BCUT2D eigenvalue weighted by atomic mass is 10.3. The quantitative estimate of drug-likeness (QED) is 0.811. The van der Waals surface area contributed by atoms with Crippen molar-refractivity contribution >= 4 is 0 Å². The zero-order chi connectivity index (χ0) is 12.2. The second kappa shape index (κ2) is 5.24. The van der Waals surface area contributed by atoms with Gasteiger partial charge < -0.3 is 5.32 Å². The summed E-state index contributed by atoms with van der Waals surface area (Å²) < 4.78 is 0. The summed E-state index contributed by atoms with van der Waals surface area (Å²) in [6, 6.07) is 5.74. The standard InChI is InChI=1S/C12H16N6/c1-2-4-14-10(3-1)12-15-11(16-17-12)9-18-7-5-13-6-8-18/h1-4,13H,5-9H2,(H,15,16,17). The van der Waals surface area contributed by atoms with Gasteiger partial charge in [0.05, 0.1) is 6.54 Å². The fourth-order valence-corrected chi connectivity index (χ4v) is 2.06. The van der Waals surface area contributed by atoms with Gasteiger partial charge in [-0.05, 0) is 12.1 Å². The van der Waals surface area contributed by atoms with Gasteiger partial charge >= 0.3 is 0 Å². The molecular weight excluding hydrogens is 228 g/mol. The van der Waals surface area contributed by atoms with Gasteiger partial charge in [-0.3, -0.25) is 15.0 Å². The van der Waals surface area contributed by atoms with Gasteiger partial charge in [0.1, 0.15) is 11.5 Å². The number of rotatable bonds is 3. The lowest BCUT2D eigenvalue weighted by molar-refractivity contribution is 0.228. The van der Waals surface area contributed by atoms with Crippen LogP contribution >= 0.6 is 0 Å². The Morgan fingerprint density at radius 3 is 2.89 bits per heavy atom. The third-order valence-corrected chi connectivity index (χ3v) is 3.01. The molecule has 0 unspecified atom stereocenters. The summed E-state index contributed by atoms with van der Waals surface area (Å²) in [5.41, 5.74) is 0.806. The van der Waals surface area contributed by atoms with Gasteiger partial charge in [0.2, 0.25) is 0 Å². The summed E-state index contributed by atoms with van der Waals surface area (Å²) in [6.45, 7) is 5.02. The zero-order valence-corrected chi connectivity index (χ0v) is 10.1. The summed E-state index contributed by atoms with van der Waals surface area (Å²) in [4.78, 5) is 11.1. The van der Waals surface area contributed by atoms with Gasteiger partial charge in [0.15, 0.2) is 5.82 Å². The molecule has 0 saturated carbocycles. The van der Waals surface area contributed by atoms with Crippen LogP contribution in [0.2, 0.25) is 0 Å². The smallest absolute Gasteiger partial charge is 0.199 e. The molecule has 6 heteroatoms. The van der Waals surface area contributed by atoms with Crippen LogP contribution in [-0.4, -0.2) is 51.2 Å². The Hall–Kier alpha value is -1.79. The van der Waals surface area contributed by atoms with Crippen molar-refractivity contribution in [2.45, 2.75) is 6.54 Å². The topological polar surface area (TPSA) is 69.7 Å². The predicted octanol–water partition coefficient (Wildman–Crippen LogP) is 0.272. The lowest BCUT2D eigenvalue weighted by Gasteiger charge is -2.25. The van der Waals surface area contributed by atoms with Crippen molar-refractivity contribution in [1.29, 1.82) is 0 Å². The Morgan fingerprint density at radius 1 is 1.22 bits per heavy atom. The third kappa shape index (κ3) is 2.55. The summed E-state index contributed by atoms with van der Waals surface area (Å²) in [5.74, 6) is 1.57. The highest BCUT2D eigenvalue weighted by molar-refractivity contribution is 5.47. The lowest BCUT2D eigenvalue weighted by Crippen LogP contribution is -2.43. The van der Waals surface area contributed by atoms with E-state index in [1.165, 1.54) is 0 Å². The Bertz CT molecular complexity index is 488. The van der Waals surface area contributed by atoms with Gasteiger partial charge in [0, 0.05) is 32.4 Å². The average molecular weight is 244 g/mol. The van der Waals surface area contributed by atoms with Crippen LogP contribution in [0.4, 0.5) is 0 Å².